The molecule has 5 nitrogen and oxygen atoms in total. The van der Waals surface area contributed by atoms with Gasteiger partial charge < -0.3 is 9.80 Å². The van der Waals surface area contributed by atoms with E-state index in [1.54, 1.807) is 6.08 Å². The molecule has 1 fully saturated rings. The van der Waals surface area contributed by atoms with Crippen molar-refractivity contribution in [2.75, 3.05) is 31.1 Å². The van der Waals surface area contributed by atoms with E-state index in [4.69, 9.17) is 5.10 Å². The number of hydrogen-bond acceptors (Lipinski definition) is 3. The number of carbonyl (C=O) groups excluding carboxylic acids is 1. The molecule has 3 aromatic carbocycles. The number of carbonyl (C=O) groups is 1. The van der Waals surface area contributed by atoms with Crippen LogP contribution in [0.5, 0.6) is 0 Å². The van der Waals surface area contributed by atoms with Crippen LogP contribution in [0.1, 0.15) is 16.7 Å². The van der Waals surface area contributed by atoms with Crippen LogP contribution < -0.4 is 4.90 Å². The molecule has 2 heterocycles. The lowest BCUT2D eigenvalue weighted by Gasteiger charge is -2.36. The van der Waals surface area contributed by atoms with Gasteiger partial charge in [-0.3, -0.25) is 4.79 Å². The maximum atomic E-state index is 13.1. The molecule has 1 saturated heterocycles. The smallest absolute Gasteiger partial charge is 0.246 e. The van der Waals surface area contributed by atoms with Gasteiger partial charge in [0.1, 0.15) is 0 Å². The first-order chi connectivity index (χ1) is 17.1. The normalized spacial score (nSPS) is 14.0. The van der Waals surface area contributed by atoms with Crippen LogP contribution in [-0.2, 0) is 4.79 Å². The molecule has 1 amide bonds. The molecule has 176 valence electrons. The molecule has 5 heteroatoms. The number of anilines is 1. The summed E-state index contributed by atoms with van der Waals surface area (Å²) in [4.78, 5) is 17.4. The van der Waals surface area contributed by atoms with Crippen LogP contribution >= 0.6 is 0 Å². The first kappa shape index (κ1) is 22.7. The van der Waals surface area contributed by atoms with Gasteiger partial charge in [0.25, 0.3) is 0 Å². The van der Waals surface area contributed by atoms with Gasteiger partial charge in [-0.1, -0.05) is 60.7 Å². The Balaban J connectivity index is 1.33. The molecule has 0 bridgehead atoms. The topological polar surface area (TPSA) is 41.4 Å². The van der Waals surface area contributed by atoms with Crippen molar-refractivity contribution in [1.82, 2.24) is 14.7 Å². The fourth-order valence-electron chi connectivity index (χ4n) is 4.56. The lowest BCUT2D eigenvalue weighted by molar-refractivity contribution is -0.126. The molecule has 35 heavy (non-hydrogen) atoms. The molecule has 1 aromatic heterocycles. The van der Waals surface area contributed by atoms with Crippen molar-refractivity contribution in [2.24, 2.45) is 0 Å². The van der Waals surface area contributed by atoms with E-state index in [1.165, 1.54) is 16.8 Å². The Morgan fingerprint density at radius 2 is 1.51 bits per heavy atom. The van der Waals surface area contributed by atoms with Crippen molar-refractivity contribution in [3.63, 3.8) is 0 Å². The summed E-state index contributed by atoms with van der Waals surface area (Å²) in [5.41, 5.74) is 7.68. The zero-order valence-corrected chi connectivity index (χ0v) is 20.3. The third-order valence-electron chi connectivity index (χ3n) is 6.72. The van der Waals surface area contributed by atoms with Gasteiger partial charge in [-0.25, -0.2) is 4.68 Å². The van der Waals surface area contributed by atoms with Crippen molar-refractivity contribution in [3.05, 3.63) is 108 Å². The van der Waals surface area contributed by atoms with Crippen molar-refractivity contribution >= 4 is 17.7 Å². The number of benzene rings is 3. The van der Waals surface area contributed by atoms with Crippen LogP contribution in [0.3, 0.4) is 0 Å². The minimum Gasteiger partial charge on any atom is -0.368 e. The van der Waals surface area contributed by atoms with Crippen molar-refractivity contribution in [1.29, 1.82) is 0 Å². The highest BCUT2D eigenvalue weighted by atomic mass is 16.2. The standard InChI is InChI=1S/C30H30N4O/c1-23-10-9-15-28(24(23)2)32-18-20-33(21-19-32)29(35)17-16-26-22-34(27-13-7-4-8-14-27)31-30(26)25-11-5-3-6-12-25/h3-17,22H,18-21H2,1-2H3. The zero-order valence-electron chi connectivity index (χ0n) is 20.3. The van der Waals surface area contributed by atoms with Crippen LogP contribution in [0.15, 0.2) is 91.1 Å². The minimum absolute atomic E-state index is 0.0390. The Morgan fingerprint density at radius 1 is 0.829 bits per heavy atom. The van der Waals surface area contributed by atoms with Gasteiger partial charge in [-0.05, 0) is 49.2 Å². The van der Waals surface area contributed by atoms with Gasteiger partial charge in [0, 0.05) is 55.3 Å². The van der Waals surface area contributed by atoms with Crippen molar-refractivity contribution in [2.45, 2.75) is 13.8 Å². The minimum atomic E-state index is 0.0390. The summed E-state index contributed by atoms with van der Waals surface area (Å²) in [7, 11) is 0. The average Bonchev–Trinajstić information content (AvgIpc) is 3.34. The van der Waals surface area contributed by atoms with E-state index >= 15 is 0 Å². The lowest BCUT2D eigenvalue weighted by Crippen LogP contribution is -2.48. The maximum absolute atomic E-state index is 13.1. The third-order valence-corrected chi connectivity index (χ3v) is 6.72. The van der Waals surface area contributed by atoms with E-state index in [-0.39, 0.29) is 5.91 Å². The Hall–Kier alpha value is -4.12. The predicted octanol–water partition coefficient (Wildman–Crippen LogP) is 5.52. The average molecular weight is 463 g/mol. The predicted molar refractivity (Wildman–Crippen MR) is 143 cm³/mol. The van der Waals surface area contributed by atoms with E-state index in [1.807, 2.05) is 82.5 Å². The van der Waals surface area contributed by atoms with Crippen LogP contribution in [0.25, 0.3) is 23.0 Å². The fourth-order valence-corrected chi connectivity index (χ4v) is 4.56. The quantitative estimate of drug-likeness (QED) is 0.367. The Bertz CT molecular complexity index is 1330. The van der Waals surface area contributed by atoms with Crippen LogP contribution in [0.4, 0.5) is 5.69 Å². The van der Waals surface area contributed by atoms with E-state index in [0.717, 1.165) is 35.6 Å². The highest BCUT2D eigenvalue weighted by molar-refractivity contribution is 5.93. The number of para-hydroxylation sites is 1. The molecule has 0 radical (unpaired) electrons. The summed E-state index contributed by atoms with van der Waals surface area (Å²) in [5.74, 6) is 0.0390. The number of nitrogens with zero attached hydrogens (tertiary/aromatic N) is 4. The van der Waals surface area contributed by atoms with Gasteiger partial charge in [0.2, 0.25) is 5.91 Å². The molecule has 4 aromatic rings. The number of piperazine rings is 1. The van der Waals surface area contributed by atoms with Gasteiger partial charge in [0.15, 0.2) is 0 Å². The Morgan fingerprint density at radius 3 is 2.23 bits per heavy atom. The summed E-state index contributed by atoms with van der Waals surface area (Å²) in [5, 5.41) is 4.83. The Labute approximate surface area is 206 Å². The highest BCUT2D eigenvalue weighted by Gasteiger charge is 2.21. The molecule has 0 atom stereocenters. The van der Waals surface area contributed by atoms with Crippen molar-refractivity contribution in [3.8, 4) is 16.9 Å². The molecule has 5 rings (SSSR count). The largest absolute Gasteiger partial charge is 0.368 e. The first-order valence-electron chi connectivity index (χ1n) is 12.1. The molecular formula is C30H30N4O. The lowest BCUT2D eigenvalue weighted by atomic mass is 10.1. The summed E-state index contributed by atoms with van der Waals surface area (Å²) in [6.07, 6.45) is 5.57. The van der Waals surface area contributed by atoms with Gasteiger partial charge in [0.05, 0.1) is 11.4 Å². The van der Waals surface area contributed by atoms with Crippen LogP contribution in [0.2, 0.25) is 0 Å². The van der Waals surface area contributed by atoms with E-state index in [9.17, 15) is 4.79 Å². The van der Waals surface area contributed by atoms with Crippen LogP contribution in [-0.4, -0.2) is 46.8 Å². The van der Waals surface area contributed by atoms with Gasteiger partial charge >= 0.3 is 0 Å². The monoisotopic (exact) mass is 462 g/mol. The molecule has 0 unspecified atom stereocenters. The highest BCUT2D eigenvalue weighted by Crippen LogP contribution is 2.26. The second-order valence-corrected chi connectivity index (χ2v) is 8.94. The summed E-state index contributed by atoms with van der Waals surface area (Å²) in [6, 6.07) is 26.6. The third kappa shape index (κ3) is 4.90. The SMILES string of the molecule is Cc1cccc(N2CCN(C(=O)C=Cc3cn(-c4ccccc4)nc3-c3ccccc3)CC2)c1C. The second-order valence-electron chi connectivity index (χ2n) is 8.94. The van der Waals surface area contributed by atoms with Crippen LogP contribution in [0, 0.1) is 13.8 Å². The molecule has 0 aliphatic carbocycles. The molecule has 0 saturated carbocycles. The second kappa shape index (κ2) is 10.0. The molecule has 1 aliphatic rings. The number of amides is 1. The maximum Gasteiger partial charge on any atom is 0.246 e. The Kier molecular flexibility index (Phi) is 6.49. The summed E-state index contributed by atoms with van der Waals surface area (Å²) >= 11 is 0. The van der Waals surface area contributed by atoms with Gasteiger partial charge in [-0.15, -0.1) is 0 Å². The zero-order chi connectivity index (χ0) is 24.2. The van der Waals surface area contributed by atoms with E-state index in [0.29, 0.717) is 13.1 Å². The van der Waals surface area contributed by atoms with Gasteiger partial charge in [-0.2, -0.15) is 5.10 Å². The molecule has 1 aliphatic heterocycles. The van der Waals surface area contributed by atoms with E-state index < -0.39 is 0 Å². The molecular weight excluding hydrogens is 432 g/mol. The summed E-state index contributed by atoms with van der Waals surface area (Å²) < 4.78 is 1.87. The number of rotatable bonds is 5. The molecule has 0 N–H and O–H groups in total. The molecule has 0 spiro atoms. The van der Waals surface area contributed by atoms with E-state index in [2.05, 4.69) is 36.9 Å². The number of aromatic nitrogens is 2. The number of hydrogen-bond donors (Lipinski definition) is 0. The van der Waals surface area contributed by atoms with Crippen molar-refractivity contribution < 1.29 is 4.79 Å². The number of aryl methyl sites for hydroxylation is 1. The summed E-state index contributed by atoms with van der Waals surface area (Å²) in [6.45, 7) is 7.42. The fraction of sp³-hybridized carbons (Fsp3) is 0.200. The first-order valence-corrected chi connectivity index (χ1v) is 12.1.